The Morgan fingerprint density at radius 2 is 2.30 bits per heavy atom. The Morgan fingerprint density at radius 3 is 2.95 bits per heavy atom. The minimum Gasteiger partial charge on any atom is -0.545 e. The molecular formula is C13H14BrN3O3. The number of nitrogens with one attached hydrogen (secondary N) is 3. The van der Waals surface area contributed by atoms with E-state index in [9.17, 15) is 14.7 Å². The average molecular weight is 340 g/mol. The quantitative estimate of drug-likeness (QED) is 0.616. The Hall–Kier alpha value is -1.86. The summed E-state index contributed by atoms with van der Waals surface area (Å²) in [5.41, 5.74) is 0.655. The lowest BCUT2D eigenvalue weighted by atomic mass is 10.2. The molecule has 1 aliphatic rings. The number of aliphatic carboxylic acids is 1. The fourth-order valence-electron chi connectivity index (χ4n) is 1.90. The summed E-state index contributed by atoms with van der Waals surface area (Å²) in [6.07, 6.45) is 6.61. The first-order valence-electron chi connectivity index (χ1n) is 6.12. The molecule has 2 heterocycles. The van der Waals surface area contributed by atoms with Crippen molar-refractivity contribution >= 4 is 27.8 Å². The molecule has 0 aromatic carbocycles. The van der Waals surface area contributed by atoms with E-state index in [4.69, 9.17) is 0 Å². The van der Waals surface area contributed by atoms with Crippen molar-refractivity contribution in [3.05, 3.63) is 46.4 Å². The van der Waals surface area contributed by atoms with Crippen LogP contribution in [0.2, 0.25) is 0 Å². The van der Waals surface area contributed by atoms with Gasteiger partial charge in [0.1, 0.15) is 18.4 Å². The Labute approximate surface area is 124 Å². The number of halogens is 1. The summed E-state index contributed by atoms with van der Waals surface area (Å²) in [4.78, 5) is 26.3. The van der Waals surface area contributed by atoms with Gasteiger partial charge in [0.05, 0.1) is 24.6 Å². The minimum atomic E-state index is -1.18. The van der Waals surface area contributed by atoms with Crippen molar-refractivity contribution in [3.63, 3.8) is 0 Å². The summed E-state index contributed by atoms with van der Waals surface area (Å²) in [6.45, 7) is 1.75. The summed E-state index contributed by atoms with van der Waals surface area (Å²) in [5.74, 6) is -1.37. The molecule has 1 amide bonds. The summed E-state index contributed by atoms with van der Waals surface area (Å²) >= 11 is 3.26. The predicted octanol–water partition coefficient (Wildman–Crippen LogP) is -1.40. The molecule has 0 fully saturated rings. The van der Waals surface area contributed by atoms with E-state index in [0.717, 1.165) is 9.37 Å². The topological polar surface area (TPSA) is 89.5 Å². The van der Waals surface area contributed by atoms with Crippen LogP contribution in [-0.2, 0) is 4.79 Å². The highest BCUT2D eigenvalue weighted by Gasteiger charge is 2.12. The minimum absolute atomic E-state index is 0.172. The number of rotatable bonds is 5. The van der Waals surface area contributed by atoms with Crippen LogP contribution in [0.3, 0.4) is 0 Å². The molecule has 6 nitrogen and oxygen atoms in total. The Bertz CT molecular complexity index is 577. The van der Waals surface area contributed by atoms with Gasteiger partial charge in [-0.15, -0.1) is 0 Å². The third kappa shape index (κ3) is 3.82. The summed E-state index contributed by atoms with van der Waals surface area (Å²) in [7, 11) is 0. The standard InChI is InChI=1S/C13H14BrN3O3/c14-10-6-11(16-7-10)12(18)15-3-5-17-4-1-2-9(8-17)13(19)20/h1-2,6-8,16H,3-5H2,(H,15,18)(H,19,20). The number of aromatic nitrogens is 1. The normalized spacial score (nSPS) is 17.6. The van der Waals surface area contributed by atoms with E-state index in [1.54, 1.807) is 24.5 Å². The van der Waals surface area contributed by atoms with Crippen LogP contribution in [-0.4, -0.2) is 36.5 Å². The Kier molecular flexibility index (Phi) is 4.75. The number of amides is 1. The maximum atomic E-state index is 11.8. The summed E-state index contributed by atoms with van der Waals surface area (Å²) in [6, 6.07) is 1.69. The molecule has 7 heteroatoms. The van der Waals surface area contributed by atoms with Crippen LogP contribution in [0.15, 0.2) is 40.7 Å². The number of hydrogen-bond donors (Lipinski definition) is 3. The van der Waals surface area contributed by atoms with Gasteiger partial charge in [-0.25, -0.2) is 0 Å². The Balaban J connectivity index is 1.80. The second-order valence-corrected chi connectivity index (χ2v) is 5.31. The molecule has 1 unspecified atom stereocenters. The zero-order chi connectivity index (χ0) is 14.5. The van der Waals surface area contributed by atoms with E-state index in [-0.39, 0.29) is 11.5 Å². The van der Waals surface area contributed by atoms with Crippen LogP contribution in [0.4, 0.5) is 0 Å². The molecule has 0 spiro atoms. The van der Waals surface area contributed by atoms with Gasteiger partial charge in [-0.2, -0.15) is 0 Å². The highest BCUT2D eigenvalue weighted by atomic mass is 79.9. The Morgan fingerprint density at radius 1 is 1.50 bits per heavy atom. The molecule has 0 aliphatic carbocycles. The van der Waals surface area contributed by atoms with E-state index < -0.39 is 5.97 Å². The fraction of sp³-hybridized carbons (Fsp3) is 0.231. The van der Waals surface area contributed by atoms with Crippen LogP contribution >= 0.6 is 15.9 Å². The molecule has 0 saturated carbocycles. The van der Waals surface area contributed by atoms with Crippen molar-refractivity contribution in [2.45, 2.75) is 0 Å². The lowest BCUT2D eigenvalue weighted by molar-refractivity contribution is -0.840. The number of hydrogen-bond acceptors (Lipinski definition) is 3. The third-order valence-electron chi connectivity index (χ3n) is 2.90. The molecule has 1 aliphatic heterocycles. The molecule has 106 valence electrons. The molecule has 0 saturated heterocycles. The van der Waals surface area contributed by atoms with Crippen molar-refractivity contribution in [3.8, 4) is 0 Å². The van der Waals surface area contributed by atoms with E-state index in [0.29, 0.717) is 25.3 Å². The third-order valence-corrected chi connectivity index (χ3v) is 3.35. The first-order valence-corrected chi connectivity index (χ1v) is 6.92. The van der Waals surface area contributed by atoms with Gasteiger partial charge in [-0.1, -0.05) is 0 Å². The highest BCUT2D eigenvalue weighted by molar-refractivity contribution is 9.10. The number of carbonyl (C=O) groups excluding carboxylic acids is 2. The van der Waals surface area contributed by atoms with Crippen LogP contribution in [0.1, 0.15) is 10.5 Å². The number of quaternary nitrogens is 1. The van der Waals surface area contributed by atoms with Gasteiger partial charge in [-0.05, 0) is 34.1 Å². The van der Waals surface area contributed by atoms with E-state index in [1.165, 1.54) is 6.08 Å². The number of carboxylic acid groups (broad SMARTS) is 1. The molecule has 20 heavy (non-hydrogen) atoms. The summed E-state index contributed by atoms with van der Waals surface area (Å²) < 4.78 is 0.816. The van der Waals surface area contributed by atoms with Gasteiger partial charge in [0.15, 0.2) is 0 Å². The van der Waals surface area contributed by atoms with Crippen LogP contribution in [0, 0.1) is 0 Å². The monoisotopic (exact) mass is 339 g/mol. The first-order chi connectivity index (χ1) is 9.56. The zero-order valence-electron chi connectivity index (χ0n) is 10.6. The fourth-order valence-corrected chi connectivity index (χ4v) is 2.24. The average Bonchev–Trinajstić information content (AvgIpc) is 2.86. The molecule has 1 aromatic rings. The number of H-pyrrole nitrogens is 1. The van der Waals surface area contributed by atoms with Gasteiger partial charge in [0.25, 0.3) is 5.91 Å². The second kappa shape index (κ2) is 6.53. The van der Waals surface area contributed by atoms with Gasteiger partial charge in [0.2, 0.25) is 0 Å². The molecule has 0 radical (unpaired) electrons. The van der Waals surface area contributed by atoms with Crippen LogP contribution in [0.5, 0.6) is 0 Å². The molecule has 0 bridgehead atoms. The largest absolute Gasteiger partial charge is 0.545 e. The SMILES string of the molecule is O=C([O-])C1=C[NH+](CCNC(=O)c2cc(Br)c[nH]2)CC=C1. The van der Waals surface area contributed by atoms with Gasteiger partial charge in [-0.3, -0.25) is 4.79 Å². The lowest BCUT2D eigenvalue weighted by Gasteiger charge is -2.18. The first kappa shape index (κ1) is 14.5. The van der Waals surface area contributed by atoms with Crippen molar-refractivity contribution in [2.75, 3.05) is 19.6 Å². The van der Waals surface area contributed by atoms with E-state index in [1.807, 2.05) is 0 Å². The van der Waals surface area contributed by atoms with Crippen LogP contribution in [0.25, 0.3) is 0 Å². The maximum absolute atomic E-state index is 11.8. The maximum Gasteiger partial charge on any atom is 0.267 e. The van der Waals surface area contributed by atoms with Gasteiger partial charge in [0, 0.05) is 10.7 Å². The van der Waals surface area contributed by atoms with Gasteiger partial charge < -0.3 is 25.1 Å². The van der Waals surface area contributed by atoms with Crippen molar-refractivity contribution < 1.29 is 19.6 Å². The van der Waals surface area contributed by atoms with Crippen molar-refractivity contribution in [1.29, 1.82) is 0 Å². The highest BCUT2D eigenvalue weighted by Crippen LogP contribution is 2.09. The van der Waals surface area contributed by atoms with Crippen molar-refractivity contribution in [1.82, 2.24) is 10.3 Å². The molecule has 1 atom stereocenters. The van der Waals surface area contributed by atoms with Crippen molar-refractivity contribution in [2.24, 2.45) is 0 Å². The number of carboxylic acids is 1. The van der Waals surface area contributed by atoms with E-state index in [2.05, 4.69) is 26.2 Å². The molecule has 2 rings (SSSR count). The molecule has 1 aromatic heterocycles. The number of aromatic amines is 1. The van der Waals surface area contributed by atoms with Crippen LogP contribution < -0.4 is 15.3 Å². The second-order valence-electron chi connectivity index (χ2n) is 4.39. The predicted molar refractivity (Wildman–Crippen MR) is 73.8 cm³/mol. The lowest BCUT2D eigenvalue weighted by Crippen LogP contribution is -3.08. The smallest absolute Gasteiger partial charge is 0.267 e. The van der Waals surface area contributed by atoms with E-state index >= 15 is 0 Å². The molecule has 3 N–H and O–H groups in total. The number of carbonyl (C=O) groups is 2. The molecular weight excluding hydrogens is 326 g/mol. The zero-order valence-corrected chi connectivity index (χ0v) is 12.2. The van der Waals surface area contributed by atoms with Gasteiger partial charge >= 0.3 is 0 Å². The summed E-state index contributed by atoms with van der Waals surface area (Å²) in [5, 5.41) is 13.5.